The Bertz CT molecular complexity index is 658. The first-order valence-electron chi connectivity index (χ1n) is 4.83. The number of aromatic nitrogens is 2. The van der Waals surface area contributed by atoms with Gasteiger partial charge in [-0.05, 0) is 24.3 Å². The maximum absolute atomic E-state index is 12.0. The fraction of sp³-hybridized carbons (Fsp3) is 0. The molecule has 0 atom stereocenters. The number of nitrogen functional groups attached to an aromatic ring is 1. The smallest absolute Gasteiger partial charge is 0.263 e. The molecule has 2 rings (SSSR count). The highest BCUT2D eigenvalue weighted by atomic mass is 35.5. The summed E-state index contributed by atoms with van der Waals surface area (Å²) in [6.45, 7) is 0. The maximum atomic E-state index is 12.0. The normalized spacial score (nSPS) is 11.2. The monoisotopic (exact) mass is 284 g/mol. The summed E-state index contributed by atoms with van der Waals surface area (Å²) in [5.41, 5.74) is 5.97. The Morgan fingerprint density at radius 1 is 1.17 bits per heavy atom. The van der Waals surface area contributed by atoms with Gasteiger partial charge in [0.05, 0.1) is 4.90 Å². The van der Waals surface area contributed by atoms with Gasteiger partial charge in [-0.1, -0.05) is 11.6 Å². The topological polar surface area (TPSA) is 98.0 Å². The summed E-state index contributed by atoms with van der Waals surface area (Å²) in [4.78, 5) is 7.50. The molecule has 2 aromatic rings. The fourth-order valence-corrected chi connectivity index (χ4v) is 2.38. The molecule has 0 saturated heterocycles. The predicted molar refractivity (Wildman–Crippen MR) is 68.7 cm³/mol. The second-order valence-electron chi connectivity index (χ2n) is 3.40. The number of anilines is 2. The van der Waals surface area contributed by atoms with E-state index in [1.165, 1.54) is 36.7 Å². The quantitative estimate of drug-likeness (QED) is 0.658. The number of sulfonamides is 1. The lowest BCUT2D eigenvalue weighted by Crippen LogP contribution is -2.14. The van der Waals surface area contributed by atoms with Gasteiger partial charge in [-0.15, -0.1) is 0 Å². The molecule has 0 fully saturated rings. The van der Waals surface area contributed by atoms with Crippen molar-refractivity contribution in [1.29, 1.82) is 0 Å². The molecule has 0 amide bonds. The van der Waals surface area contributed by atoms with Crippen LogP contribution in [0.15, 0.2) is 41.6 Å². The first-order chi connectivity index (χ1) is 8.47. The van der Waals surface area contributed by atoms with Crippen molar-refractivity contribution in [2.75, 3.05) is 10.5 Å². The lowest BCUT2D eigenvalue weighted by atomic mass is 10.3. The third-order valence-corrected chi connectivity index (χ3v) is 3.64. The van der Waals surface area contributed by atoms with E-state index in [9.17, 15) is 8.42 Å². The number of hydrogen-bond acceptors (Lipinski definition) is 5. The predicted octanol–water partition coefficient (Wildman–Crippen LogP) is 1.51. The van der Waals surface area contributed by atoms with Crippen molar-refractivity contribution in [3.05, 3.63) is 41.8 Å². The summed E-state index contributed by atoms with van der Waals surface area (Å²) in [5.74, 6) is 0.104. The first kappa shape index (κ1) is 12.6. The van der Waals surface area contributed by atoms with E-state index in [2.05, 4.69) is 14.7 Å². The second-order valence-corrected chi connectivity index (χ2v) is 5.47. The summed E-state index contributed by atoms with van der Waals surface area (Å²) in [6.07, 6.45) is 1.17. The number of halogens is 1. The molecule has 0 radical (unpaired) electrons. The zero-order valence-electron chi connectivity index (χ0n) is 9.04. The van der Waals surface area contributed by atoms with Crippen LogP contribution in [0.3, 0.4) is 0 Å². The van der Waals surface area contributed by atoms with Gasteiger partial charge in [0.25, 0.3) is 10.0 Å². The van der Waals surface area contributed by atoms with E-state index in [0.717, 1.165) is 0 Å². The van der Waals surface area contributed by atoms with Gasteiger partial charge in [0.2, 0.25) is 0 Å². The Morgan fingerprint density at radius 2 is 1.83 bits per heavy atom. The Hall–Kier alpha value is -1.86. The molecular formula is C10H9ClN4O2S. The van der Waals surface area contributed by atoms with Crippen LogP contribution in [0.1, 0.15) is 0 Å². The van der Waals surface area contributed by atoms with Crippen molar-refractivity contribution >= 4 is 33.1 Å². The van der Waals surface area contributed by atoms with Gasteiger partial charge in [0.1, 0.15) is 17.3 Å². The number of nitrogens with zero attached hydrogens (tertiary/aromatic N) is 2. The van der Waals surface area contributed by atoms with Crippen LogP contribution in [0.5, 0.6) is 0 Å². The zero-order chi connectivity index (χ0) is 13.2. The summed E-state index contributed by atoms with van der Waals surface area (Å²) in [6, 6.07) is 7.13. The summed E-state index contributed by atoms with van der Waals surface area (Å²) in [5, 5.41) is 0.153. The second kappa shape index (κ2) is 4.79. The van der Waals surface area contributed by atoms with Crippen LogP contribution < -0.4 is 10.5 Å². The highest BCUT2D eigenvalue weighted by Crippen LogP contribution is 2.16. The fourth-order valence-electron chi connectivity index (χ4n) is 1.23. The van der Waals surface area contributed by atoms with Crippen molar-refractivity contribution < 1.29 is 8.42 Å². The van der Waals surface area contributed by atoms with Crippen LogP contribution in [-0.4, -0.2) is 18.4 Å². The molecule has 6 nitrogen and oxygen atoms in total. The third kappa shape index (κ3) is 2.88. The minimum absolute atomic E-state index is 0.0893. The minimum atomic E-state index is -3.70. The van der Waals surface area contributed by atoms with E-state index in [1.807, 2.05) is 0 Å². The van der Waals surface area contributed by atoms with Gasteiger partial charge in [-0.25, -0.2) is 18.4 Å². The summed E-state index contributed by atoms with van der Waals surface area (Å²) >= 11 is 5.64. The maximum Gasteiger partial charge on any atom is 0.263 e. The van der Waals surface area contributed by atoms with Crippen LogP contribution in [0, 0.1) is 0 Å². The molecular weight excluding hydrogens is 276 g/mol. The molecule has 3 N–H and O–H groups in total. The van der Waals surface area contributed by atoms with Gasteiger partial charge in [-0.2, -0.15) is 0 Å². The largest absolute Gasteiger partial charge is 0.399 e. The Morgan fingerprint density at radius 3 is 2.44 bits per heavy atom. The van der Waals surface area contributed by atoms with Gasteiger partial charge in [0.15, 0.2) is 0 Å². The van der Waals surface area contributed by atoms with E-state index in [1.54, 1.807) is 0 Å². The van der Waals surface area contributed by atoms with Gasteiger partial charge < -0.3 is 5.73 Å². The number of nitrogens with one attached hydrogen (secondary N) is 1. The van der Waals surface area contributed by atoms with E-state index >= 15 is 0 Å². The number of benzene rings is 1. The van der Waals surface area contributed by atoms with Gasteiger partial charge in [0, 0.05) is 11.8 Å². The molecule has 0 aliphatic heterocycles. The van der Waals surface area contributed by atoms with E-state index < -0.39 is 10.0 Å². The third-order valence-electron chi connectivity index (χ3n) is 2.06. The highest BCUT2D eigenvalue weighted by Gasteiger charge is 2.14. The van der Waals surface area contributed by atoms with Crippen molar-refractivity contribution in [2.24, 2.45) is 0 Å². The van der Waals surface area contributed by atoms with Gasteiger partial charge in [-0.3, -0.25) is 4.72 Å². The molecule has 1 heterocycles. The number of nitrogens with two attached hydrogens (primary N) is 1. The SMILES string of the molecule is Nc1ccc(S(=O)(=O)Nc2cc(Cl)ncn2)cc1. The molecule has 0 aliphatic rings. The summed E-state index contributed by atoms with van der Waals surface area (Å²) < 4.78 is 26.2. The van der Waals surface area contributed by atoms with Crippen molar-refractivity contribution in [3.63, 3.8) is 0 Å². The lowest BCUT2D eigenvalue weighted by molar-refractivity contribution is 0.601. The van der Waals surface area contributed by atoms with E-state index in [4.69, 9.17) is 17.3 Å². The lowest BCUT2D eigenvalue weighted by Gasteiger charge is -2.07. The highest BCUT2D eigenvalue weighted by molar-refractivity contribution is 7.92. The molecule has 18 heavy (non-hydrogen) atoms. The summed E-state index contributed by atoms with van der Waals surface area (Å²) in [7, 11) is -3.70. The van der Waals surface area contributed by atoms with Crippen LogP contribution in [-0.2, 0) is 10.0 Å². The molecule has 1 aromatic heterocycles. The standard InChI is InChI=1S/C10H9ClN4O2S/c11-9-5-10(14-6-13-9)15-18(16,17)8-3-1-7(12)2-4-8/h1-6H,12H2,(H,13,14,15). The van der Waals surface area contributed by atoms with Crippen LogP contribution in [0.2, 0.25) is 5.15 Å². The van der Waals surface area contributed by atoms with Crippen LogP contribution in [0.25, 0.3) is 0 Å². The number of hydrogen-bond donors (Lipinski definition) is 2. The zero-order valence-corrected chi connectivity index (χ0v) is 10.6. The minimum Gasteiger partial charge on any atom is -0.399 e. The Kier molecular flexibility index (Phi) is 3.35. The van der Waals surface area contributed by atoms with Crippen molar-refractivity contribution in [3.8, 4) is 0 Å². The molecule has 0 spiro atoms. The van der Waals surface area contributed by atoms with E-state index in [0.29, 0.717) is 5.69 Å². The molecule has 0 saturated carbocycles. The van der Waals surface area contributed by atoms with Crippen molar-refractivity contribution in [1.82, 2.24) is 9.97 Å². The molecule has 0 unspecified atom stereocenters. The molecule has 8 heteroatoms. The molecule has 0 aliphatic carbocycles. The average Bonchev–Trinajstić information content (AvgIpc) is 2.29. The first-order valence-corrected chi connectivity index (χ1v) is 6.69. The van der Waals surface area contributed by atoms with Crippen LogP contribution in [0.4, 0.5) is 11.5 Å². The number of rotatable bonds is 3. The van der Waals surface area contributed by atoms with Crippen molar-refractivity contribution in [2.45, 2.75) is 4.90 Å². The molecule has 94 valence electrons. The average molecular weight is 285 g/mol. The van der Waals surface area contributed by atoms with Crippen LogP contribution >= 0.6 is 11.6 Å². The Balaban J connectivity index is 2.30. The molecule has 0 bridgehead atoms. The van der Waals surface area contributed by atoms with E-state index in [-0.39, 0.29) is 15.9 Å². The van der Waals surface area contributed by atoms with Gasteiger partial charge >= 0.3 is 0 Å². The molecule has 1 aromatic carbocycles. The Labute approximate surface area is 109 Å².